The first-order valence-corrected chi connectivity index (χ1v) is 36.7. The molecule has 0 radical (unpaired) electrons. The normalized spacial score (nSPS) is 12.0. The molecule has 0 spiro atoms. The van der Waals surface area contributed by atoms with E-state index in [1.54, 1.807) is 0 Å². The molecule has 0 saturated carbocycles. The van der Waals surface area contributed by atoms with Crippen LogP contribution >= 0.6 is 0 Å². The Labute approximate surface area is 501 Å². The Kier molecular flexibility index (Phi) is 68.0. The highest BCUT2D eigenvalue weighted by Gasteiger charge is 2.20. The van der Waals surface area contributed by atoms with Gasteiger partial charge in [0.15, 0.2) is 6.10 Å². The molecule has 0 N–H and O–H groups in total. The van der Waals surface area contributed by atoms with Gasteiger partial charge in [-0.2, -0.15) is 0 Å². The van der Waals surface area contributed by atoms with Crippen LogP contribution in [0.2, 0.25) is 0 Å². The maximum absolute atomic E-state index is 12.9. The van der Waals surface area contributed by atoms with Crippen LogP contribution in [0.5, 0.6) is 0 Å². The number of carbonyl (C=O) groups excluding carboxylic acids is 3. The molecule has 6 heteroatoms. The van der Waals surface area contributed by atoms with Crippen molar-refractivity contribution in [2.75, 3.05) is 13.2 Å². The van der Waals surface area contributed by atoms with E-state index < -0.39 is 6.10 Å². The van der Waals surface area contributed by atoms with Crippen LogP contribution in [0.4, 0.5) is 0 Å². The van der Waals surface area contributed by atoms with E-state index in [1.807, 2.05) is 0 Å². The summed E-state index contributed by atoms with van der Waals surface area (Å²) in [6.07, 6.45) is 84.2. The highest BCUT2D eigenvalue weighted by molar-refractivity contribution is 5.71. The zero-order valence-electron chi connectivity index (χ0n) is 54.6. The second kappa shape index (κ2) is 69.6. The second-order valence-electron chi connectivity index (χ2n) is 25.2. The molecular weight excluding hydrogens is 985 g/mol. The molecule has 0 fully saturated rings. The molecule has 0 aromatic carbocycles. The molecule has 0 rings (SSSR count). The first-order chi connectivity index (χ1) is 39.5. The lowest BCUT2D eigenvalue weighted by molar-refractivity contribution is -0.167. The number of ether oxygens (including phenoxy) is 3. The van der Waals surface area contributed by atoms with Gasteiger partial charge >= 0.3 is 17.9 Å². The van der Waals surface area contributed by atoms with Gasteiger partial charge in [-0.3, -0.25) is 14.4 Å². The van der Waals surface area contributed by atoms with Crippen molar-refractivity contribution >= 4 is 17.9 Å². The van der Waals surface area contributed by atoms with Crippen LogP contribution in [-0.4, -0.2) is 37.2 Å². The average Bonchev–Trinajstić information content (AvgIpc) is 3.46. The van der Waals surface area contributed by atoms with Gasteiger partial charge in [-0.1, -0.05) is 380 Å². The van der Waals surface area contributed by atoms with Crippen molar-refractivity contribution in [2.24, 2.45) is 0 Å². The summed E-state index contributed by atoms with van der Waals surface area (Å²) in [7, 11) is 0. The van der Waals surface area contributed by atoms with Gasteiger partial charge in [-0.05, 0) is 38.5 Å². The molecule has 0 saturated heterocycles. The van der Waals surface area contributed by atoms with E-state index in [0.717, 1.165) is 70.6 Å². The van der Waals surface area contributed by atoms with Crippen molar-refractivity contribution in [2.45, 2.75) is 431 Å². The molecule has 0 amide bonds. The number of rotatable bonds is 69. The summed E-state index contributed by atoms with van der Waals surface area (Å²) in [5, 5.41) is 0. The minimum atomic E-state index is -0.769. The van der Waals surface area contributed by atoms with Crippen LogP contribution < -0.4 is 0 Å². The Morgan fingerprint density at radius 2 is 0.438 bits per heavy atom. The van der Waals surface area contributed by atoms with Gasteiger partial charge in [-0.15, -0.1) is 0 Å². The highest BCUT2D eigenvalue weighted by Crippen LogP contribution is 2.20. The quantitative estimate of drug-likeness (QED) is 0.0261. The summed E-state index contributed by atoms with van der Waals surface area (Å²) in [4.78, 5) is 38.3. The Morgan fingerprint density at radius 3 is 0.675 bits per heavy atom. The first kappa shape index (κ1) is 78.1. The molecule has 6 nitrogen and oxygen atoms in total. The third-order valence-electron chi connectivity index (χ3n) is 17.0. The lowest BCUT2D eigenvalue weighted by Crippen LogP contribution is -2.30. The predicted octanol–water partition coefficient (Wildman–Crippen LogP) is 25.2. The molecule has 0 bridgehead atoms. The molecule has 0 aromatic rings. The fraction of sp³-hybridized carbons (Fsp3) is 0.932. The number of carbonyl (C=O) groups is 3. The summed E-state index contributed by atoms with van der Waals surface area (Å²) in [6, 6.07) is 0. The van der Waals surface area contributed by atoms with E-state index in [-0.39, 0.29) is 31.1 Å². The molecule has 0 aliphatic rings. The van der Waals surface area contributed by atoms with Crippen LogP contribution in [0.3, 0.4) is 0 Å². The third-order valence-corrected chi connectivity index (χ3v) is 17.0. The van der Waals surface area contributed by atoms with Crippen LogP contribution in [0.1, 0.15) is 425 Å². The predicted molar refractivity (Wildman–Crippen MR) is 349 cm³/mol. The number of hydrogen-bond donors (Lipinski definition) is 0. The Morgan fingerprint density at radius 1 is 0.237 bits per heavy atom. The summed E-state index contributed by atoms with van der Waals surface area (Å²) in [5.74, 6) is -0.844. The van der Waals surface area contributed by atoms with Gasteiger partial charge in [0.05, 0.1) is 0 Å². The lowest BCUT2D eigenvalue weighted by Gasteiger charge is -2.18. The minimum absolute atomic E-state index is 0.0660. The summed E-state index contributed by atoms with van der Waals surface area (Å²) in [6.45, 7) is 6.66. The van der Waals surface area contributed by atoms with E-state index in [0.29, 0.717) is 19.3 Å². The average molecular weight is 1130 g/mol. The molecular formula is C74H142O6. The summed E-state index contributed by atoms with van der Waals surface area (Å²) < 4.78 is 17.0. The maximum Gasteiger partial charge on any atom is 0.306 e. The SMILES string of the molecule is CCC/C=C\CCCCCCCC(=O)OCC(COC(=O)CCCCCCCCCCCCCCCCCCCCCCCCCCCCCCCCCC)OC(=O)CCCCCCCCCCCCCCCCCCCCCC. The number of allylic oxidation sites excluding steroid dienone is 2. The second-order valence-corrected chi connectivity index (χ2v) is 25.2. The van der Waals surface area contributed by atoms with Gasteiger partial charge in [0.2, 0.25) is 0 Å². The fourth-order valence-electron chi connectivity index (χ4n) is 11.5. The summed E-state index contributed by atoms with van der Waals surface area (Å²) >= 11 is 0. The molecule has 0 heterocycles. The highest BCUT2D eigenvalue weighted by atomic mass is 16.6. The smallest absolute Gasteiger partial charge is 0.306 e. The maximum atomic E-state index is 12.9. The van der Waals surface area contributed by atoms with E-state index in [1.165, 1.54) is 315 Å². The van der Waals surface area contributed by atoms with Crippen molar-refractivity contribution < 1.29 is 28.6 Å². The van der Waals surface area contributed by atoms with E-state index in [9.17, 15) is 14.4 Å². The Bertz CT molecular complexity index is 1250. The molecule has 80 heavy (non-hydrogen) atoms. The zero-order valence-corrected chi connectivity index (χ0v) is 54.6. The van der Waals surface area contributed by atoms with Gasteiger partial charge in [0.1, 0.15) is 13.2 Å². The van der Waals surface area contributed by atoms with Gasteiger partial charge in [0.25, 0.3) is 0 Å². The van der Waals surface area contributed by atoms with Crippen molar-refractivity contribution in [3.05, 3.63) is 12.2 Å². The van der Waals surface area contributed by atoms with Gasteiger partial charge in [-0.25, -0.2) is 0 Å². The number of hydrogen-bond acceptors (Lipinski definition) is 6. The van der Waals surface area contributed by atoms with Crippen LogP contribution in [-0.2, 0) is 28.6 Å². The van der Waals surface area contributed by atoms with Gasteiger partial charge in [0, 0.05) is 19.3 Å². The molecule has 1 unspecified atom stereocenters. The van der Waals surface area contributed by atoms with Crippen molar-refractivity contribution in [3.8, 4) is 0 Å². The number of unbranched alkanes of at least 4 members (excludes halogenated alkanes) is 56. The topological polar surface area (TPSA) is 78.9 Å². The fourth-order valence-corrected chi connectivity index (χ4v) is 11.5. The Hall–Kier alpha value is -1.85. The van der Waals surface area contributed by atoms with Crippen molar-refractivity contribution in [1.29, 1.82) is 0 Å². The van der Waals surface area contributed by atoms with Crippen molar-refractivity contribution in [1.82, 2.24) is 0 Å². The molecule has 0 aromatic heterocycles. The van der Waals surface area contributed by atoms with Gasteiger partial charge < -0.3 is 14.2 Å². The number of esters is 3. The van der Waals surface area contributed by atoms with E-state index in [4.69, 9.17) is 14.2 Å². The van der Waals surface area contributed by atoms with E-state index in [2.05, 4.69) is 32.9 Å². The minimum Gasteiger partial charge on any atom is -0.462 e. The third kappa shape index (κ3) is 66.9. The zero-order chi connectivity index (χ0) is 57.8. The van der Waals surface area contributed by atoms with Crippen LogP contribution in [0.15, 0.2) is 12.2 Å². The molecule has 474 valence electrons. The van der Waals surface area contributed by atoms with Crippen LogP contribution in [0.25, 0.3) is 0 Å². The van der Waals surface area contributed by atoms with Crippen molar-refractivity contribution in [3.63, 3.8) is 0 Å². The van der Waals surface area contributed by atoms with Crippen LogP contribution in [0, 0.1) is 0 Å². The Balaban J connectivity index is 4.03. The monoisotopic (exact) mass is 1130 g/mol. The standard InChI is InChI=1S/C74H142O6/c1-4-7-10-13-16-19-22-24-26-28-30-32-33-34-35-36-37-38-39-40-41-42-43-45-46-48-50-52-55-58-61-64-67-73(76)79-70-71(69-78-72(75)66-63-60-57-54-21-18-15-12-9-6-3)80-74(77)68-65-62-59-56-53-51-49-47-44-31-29-27-25-23-20-17-14-11-8-5-2/h12,15,71H,4-11,13-14,16-70H2,1-3H3/b15-12-. The lowest BCUT2D eigenvalue weighted by atomic mass is 10.0. The van der Waals surface area contributed by atoms with E-state index >= 15 is 0 Å². The molecule has 1 atom stereocenters. The largest absolute Gasteiger partial charge is 0.462 e. The molecule has 0 aliphatic heterocycles. The summed E-state index contributed by atoms with van der Waals surface area (Å²) in [5.41, 5.74) is 0. The molecule has 0 aliphatic carbocycles. The first-order valence-electron chi connectivity index (χ1n) is 36.7.